The van der Waals surface area contributed by atoms with Crippen LogP contribution in [0.1, 0.15) is 25.0 Å². The first-order chi connectivity index (χ1) is 28.5. The highest BCUT2D eigenvalue weighted by Crippen LogP contribution is 2.53. The Morgan fingerprint density at radius 2 is 1.00 bits per heavy atom. The lowest BCUT2D eigenvalue weighted by Crippen LogP contribution is -2.14. The van der Waals surface area contributed by atoms with Gasteiger partial charge in [0.15, 0.2) is 0 Å². The van der Waals surface area contributed by atoms with E-state index in [2.05, 4.69) is 206 Å². The highest BCUT2D eigenvalue weighted by molar-refractivity contribution is 6.18. The second-order valence-corrected chi connectivity index (χ2v) is 16.1. The summed E-state index contributed by atoms with van der Waals surface area (Å²) < 4.78 is 2.33. The monoisotopic (exact) mass is 739 g/mol. The molecule has 3 heteroatoms. The molecule has 0 spiro atoms. The summed E-state index contributed by atoms with van der Waals surface area (Å²) in [4.78, 5) is 11.0. The van der Waals surface area contributed by atoms with Crippen molar-refractivity contribution in [1.82, 2.24) is 14.5 Å². The molecule has 0 unspecified atom stereocenters. The summed E-state index contributed by atoms with van der Waals surface area (Å²) in [7, 11) is 0. The van der Waals surface area contributed by atoms with Gasteiger partial charge in [0.25, 0.3) is 0 Å². The van der Waals surface area contributed by atoms with Crippen molar-refractivity contribution in [2.24, 2.45) is 0 Å². The summed E-state index contributed by atoms with van der Waals surface area (Å²) in [6.07, 6.45) is 0. The summed E-state index contributed by atoms with van der Waals surface area (Å²) in [5.74, 6) is 0.655. The minimum Gasteiger partial charge on any atom is -0.277 e. The number of hydrogen-bond donors (Lipinski definition) is 0. The lowest BCUT2D eigenvalue weighted by atomic mass is 9.82. The summed E-state index contributed by atoms with van der Waals surface area (Å²) in [5.41, 5.74) is 15.1. The van der Waals surface area contributed by atoms with Gasteiger partial charge in [-0.1, -0.05) is 184 Å². The molecule has 11 aromatic rings. The molecular weight excluding hydrogens is 703 g/mol. The van der Waals surface area contributed by atoms with Gasteiger partial charge in [-0.15, -0.1) is 0 Å². The predicted octanol–water partition coefficient (Wildman–Crippen LogP) is 14.3. The van der Waals surface area contributed by atoms with E-state index >= 15 is 0 Å². The first kappa shape index (κ1) is 32.8. The molecule has 0 aliphatic heterocycles. The molecule has 272 valence electrons. The van der Waals surface area contributed by atoms with Crippen LogP contribution >= 0.6 is 0 Å². The first-order valence-corrected chi connectivity index (χ1v) is 20.1. The number of rotatable bonds is 4. The summed E-state index contributed by atoms with van der Waals surface area (Å²) >= 11 is 0. The van der Waals surface area contributed by atoms with Crippen LogP contribution in [0, 0.1) is 0 Å². The maximum absolute atomic E-state index is 5.56. The van der Waals surface area contributed by atoms with Crippen molar-refractivity contribution in [1.29, 1.82) is 0 Å². The van der Waals surface area contributed by atoms with E-state index in [4.69, 9.17) is 9.97 Å². The molecule has 58 heavy (non-hydrogen) atoms. The molecule has 0 fully saturated rings. The molecule has 0 atom stereocenters. The van der Waals surface area contributed by atoms with Crippen LogP contribution in [-0.4, -0.2) is 14.5 Å². The zero-order chi connectivity index (χ0) is 38.5. The number of nitrogens with zero attached hydrogens (tertiary/aromatic N) is 3. The Morgan fingerprint density at radius 1 is 0.414 bits per heavy atom. The number of para-hydroxylation sites is 2. The van der Waals surface area contributed by atoms with Gasteiger partial charge in [-0.25, -0.2) is 9.97 Å². The second kappa shape index (κ2) is 12.3. The van der Waals surface area contributed by atoms with Crippen LogP contribution in [0.15, 0.2) is 188 Å². The van der Waals surface area contributed by atoms with Crippen LogP contribution in [-0.2, 0) is 5.41 Å². The van der Waals surface area contributed by atoms with Crippen molar-refractivity contribution in [3.8, 4) is 50.6 Å². The van der Waals surface area contributed by atoms with Gasteiger partial charge in [0, 0.05) is 32.7 Å². The Hall–Kier alpha value is -7.36. The molecule has 1 aliphatic rings. The Labute approximate surface area is 336 Å². The van der Waals surface area contributed by atoms with Gasteiger partial charge in [-0.2, -0.15) is 0 Å². The summed E-state index contributed by atoms with van der Waals surface area (Å²) in [6.45, 7) is 4.70. The third kappa shape index (κ3) is 4.74. The Balaban J connectivity index is 1.14. The molecule has 0 N–H and O–H groups in total. The van der Waals surface area contributed by atoms with Gasteiger partial charge in [0.05, 0.1) is 22.2 Å². The molecule has 12 rings (SSSR count). The van der Waals surface area contributed by atoms with E-state index in [1.807, 2.05) is 0 Å². The number of hydrogen-bond acceptors (Lipinski definition) is 2. The molecule has 2 heterocycles. The molecule has 0 bridgehead atoms. The van der Waals surface area contributed by atoms with E-state index in [-0.39, 0.29) is 5.41 Å². The molecular formula is C55H37N3. The number of aromatic nitrogens is 3. The van der Waals surface area contributed by atoms with Gasteiger partial charge in [-0.05, 0) is 78.7 Å². The van der Waals surface area contributed by atoms with Crippen molar-refractivity contribution in [3.63, 3.8) is 0 Å². The van der Waals surface area contributed by atoms with E-state index in [1.165, 1.54) is 76.8 Å². The van der Waals surface area contributed by atoms with Gasteiger partial charge < -0.3 is 0 Å². The zero-order valence-corrected chi connectivity index (χ0v) is 32.2. The number of fused-ring (bicyclic) bond motifs is 9. The third-order valence-corrected chi connectivity index (χ3v) is 12.6. The molecule has 3 nitrogen and oxygen atoms in total. The molecule has 0 saturated heterocycles. The van der Waals surface area contributed by atoms with E-state index < -0.39 is 0 Å². The first-order valence-electron chi connectivity index (χ1n) is 20.1. The van der Waals surface area contributed by atoms with Crippen LogP contribution in [0.4, 0.5) is 0 Å². The summed E-state index contributed by atoms with van der Waals surface area (Å²) in [5, 5.41) is 8.26. The van der Waals surface area contributed by atoms with E-state index in [0.29, 0.717) is 5.95 Å². The largest absolute Gasteiger partial charge is 0.277 e. The van der Waals surface area contributed by atoms with Crippen molar-refractivity contribution in [2.45, 2.75) is 19.3 Å². The average Bonchev–Trinajstić information content (AvgIpc) is 3.73. The van der Waals surface area contributed by atoms with E-state index in [9.17, 15) is 0 Å². The average molecular weight is 740 g/mol. The lowest BCUT2D eigenvalue weighted by Gasteiger charge is -2.21. The fraction of sp³-hybridized carbons (Fsp3) is 0.0545. The quantitative estimate of drug-likeness (QED) is 0.180. The summed E-state index contributed by atoms with van der Waals surface area (Å²) in [6, 6.07) is 68.3. The van der Waals surface area contributed by atoms with Crippen LogP contribution in [0.5, 0.6) is 0 Å². The Kier molecular flexibility index (Phi) is 6.98. The van der Waals surface area contributed by atoms with Gasteiger partial charge in [-0.3, -0.25) is 4.57 Å². The van der Waals surface area contributed by atoms with E-state index in [0.717, 1.165) is 33.2 Å². The molecule has 9 aromatic carbocycles. The van der Waals surface area contributed by atoms with Gasteiger partial charge in [0.2, 0.25) is 5.95 Å². The molecule has 0 saturated carbocycles. The molecule has 0 amide bonds. The highest BCUT2D eigenvalue weighted by Gasteiger charge is 2.37. The van der Waals surface area contributed by atoms with Crippen LogP contribution in [0.2, 0.25) is 0 Å². The molecule has 1 aliphatic carbocycles. The Morgan fingerprint density at radius 3 is 1.86 bits per heavy atom. The fourth-order valence-electron chi connectivity index (χ4n) is 9.82. The minimum absolute atomic E-state index is 0.111. The standard InChI is InChI=1S/C55H37N3/c1-55(2)47-25-9-7-19-44(47)51-41(22-13-26-48(51)55)42-23-12-24-43-46-32-37-15-3-4-16-38(37)33-50(46)58(53(42)43)54-56-49-27-10-8-20-45(49)52(57-54)36-30-28-35(29-31-36)40-21-11-17-34-14-5-6-18-39(34)40/h3-33H,1-2H3. The minimum atomic E-state index is -0.111. The second-order valence-electron chi connectivity index (χ2n) is 16.1. The van der Waals surface area contributed by atoms with Crippen molar-refractivity contribution < 1.29 is 0 Å². The van der Waals surface area contributed by atoms with Gasteiger partial charge in [0.1, 0.15) is 0 Å². The third-order valence-electron chi connectivity index (χ3n) is 12.6. The SMILES string of the molecule is CC1(C)c2ccccc2-c2c(-c3cccc4c5cc6ccccc6cc5n(-c5nc(-c6ccc(-c7cccc8ccccc78)cc6)c6ccccc6n5)c34)cccc21. The highest BCUT2D eigenvalue weighted by atomic mass is 15.2. The van der Waals surface area contributed by atoms with Gasteiger partial charge >= 0.3 is 0 Å². The van der Waals surface area contributed by atoms with Crippen LogP contribution in [0.3, 0.4) is 0 Å². The van der Waals surface area contributed by atoms with Crippen molar-refractivity contribution >= 4 is 54.3 Å². The molecule has 2 aromatic heterocycles. The number of benzene rings is 9. The lowest BCUT2D eigenvalue weighted by molar-refractivity contribution is 0.660. The molecule has 0 radical (unpaired) electrons. The van der Waals surface area contributed by atoms with Crippen LogP contribution < -0.4 is 0 Å². The maximum Gasteiger partial charge on any atom is 0.235 e. The van der Waals surface area contributed by atoms with Crippen molar-refractivity contribution in [3.05, 3.63) is 199 Å². The predicted molar refractivity (Wildman–Crippen MR) is 243 cm³/mol. The fourth-order valence-corrected chi connectivity index (χ4v) is 9.82. The van der Waals surface area contributed by atoms with Crippen LogP contribution in [0.25, 0.3) is 105 Å². The zero-order valence-electron chi connectivity index (χ0n) is 32.2. The Bertz CT molecular complexity index is 3470. The topological polar surface area (TPSA) is 30.7 Å². The van der Waals surface area contributed by atoms with E-state index in [1.54, 1.807) is 0 Å². The normalized spacial score (nSPS) is 13.1. The maximum atomic E-state index is 5.56. The smallest absolute Gasteiger partial charge is 0.235 e. The van der Waals surface area contributed by atoms with Crippen molar-refractivity contribution in [2.75, 3.05) is 0 Å².